The van der Waals surface area contributed by atoms with Crippen LogP contribution in [-0.4, -0.2) is 36.1 Å². The van der Waals surface area contributed by atoms with Gasteiger partial charge < -0.3 is 14.8 Å². The standard InChI is InChI=1S/C12H21N3O2/c1-9(2)13-7-11-5-6-12(15-14-11)17-10(3)8-16-4/h5-6,9-10,13H,7-8H2,1-4H3. The zero-order valence-electron chi connectivity index (χ0n) is 10.9. The van der Waals surface area contributed by atoms with Gasteiger partial charge in [-0.2, -0.15) is 5.10 Å². The molecule has 0 aliphatic carbocycles. The monoisotopic (exact) mass is 239 g/mol. The summed E-state index contributed by atoms with van der Waals surface area (Å²) in [5.74, 6) is 0.530. The van der Waals surface area contributed by atoms with E-state index in [2.05, 4.69) is 29.4 Å². The molecule has 0 aromatic carbocycles. The highest BCUT2D eigenvalue weighted by Crippen LogP contribution is 2.07. The van der Waals surface area contributed by atoms with Gasteiger partial charge in [0.15, 0.2) is 0 Å². The minimum absolute atomic E-state index is 0.0195. The Morgan fingerprint density at radius 1 is 1.24 bits per heavy atom. The second-order valence-corrected chi connectivity index (χ2v) is 4.28. The molecule has 5 nitrogen and oxygen atoms in total. The fourth-order valence-electron chi connectivity index (χ4n) is 1.29. The van der Waals surface area contributed by atoms with E-state index in [1.807, 2.05) is 19.1 Å². The molecule has 1 aromatic heterocycles. The highest BCUT2D eigenvalue weighted by atomic mass is 16.5. The molecule has 0 amide bonds. The fraction of sp³-hybridized carbons (Fsp3) is 0.667. The van der Waals surface area contributed by atoms with Gasteiger partial charge in [-0.25, -0.2) is 0 Å². The maximum atomic E-state index is 5.52. The minimum atomic E-state index is -0.0195. The first-order chi connectivity index (χ1) is 8.11. The van der Waals surface area contributed by atoms with Gasteiger partial charge in [-0.3, -0.25) is 0 Å². The number of hydrogen-bond donors (Lipinski definition) is 1. The predicted molar refractivity (Wildman–Crippen MR) is 66.0 cm³/mol. The summed E-state index contributed by atoms with van der Waals surface area (Å²) in [5, 5.41) is 11.4. The summed E-state index contributed by atoms with van der Waals surface area (Å²) in [7, 11) is 1.65. The molecule has 0 aliphatic rings. The normalized spacial score (nSPS) is 12.8. The van der Waals surface area contributed by atoms with Crippen molar-refractivity contribution in [2.75, 3.05) is 13.7 Å². The first kappa shape index (κ1) is 13.9. The Hall–Kier alpha value is -1.20. The third-order valence-corrected chi connectivity index (χ3v) is 2.11. The number of nitrogens with one attached hydrogen (secondary N) is 1. The molecule has 1 unspecified atom stereocenters. The number of hydrogen-bond acceptors (Lipinski definition) is 5. The molecule has 17 heavy (non-hydrogen) atoms. The summed E-state index contributed by atoms with van der Waals surface area (Å²) >= 11 is 0. The molecule has 5 heteroatoms. The van der Waals surface area contributed by atoms with Gasteiger partial charge in [0.1, 0.15) is 6.10 Å². The Morgan fingerprint density at radius 3 is 2.53 bits per heavy atom. The first-order valence-electron chi connectivity index (χ1n) is 5.83. The van der Waals surface area contributed by atoms with Crippen LogP contribution in [0.15, 0.2) is 12.1 Å². The zero-order valence-corrected chi connectivity index (χ0v) is 10.9. The van der Waals surface area contributed by atoms with Crippen LogP contribution < -0.4 is 10.1 Å². The lowest BCUT2D eigenvalue weighted by molar-refractivity contribution is 0.0882. The van der Waals surface area contributed by atoms with Crippen molar-refractivity contribution in [3.8, 4) is 5.88 Å². The van der Waals surface area contributed by atoms with Gasteiger partial charge in [0.05, 0.1) is 12.3 Å². The molecule has 1 aromatic rings. The lowest BCUT2D eigenvalue weighted by Crippen LogP contribution is -2.23. The van der Waals surface area contributed by atoms with Crippen molar-refractivity contribution in [3.63, 3.8) is 0 Å². The first-order valence-corrected chi connectivity index (χ1v) is 5.83. The zero-order chi connectivity index (χ0) is 12.7. The second-order valence-electron chi connectivity index (χ2n) is 4.28. The Morgan fingerprint density at radius 2 is 2.00 bits per heavy atom. The molecule has 0 saturated carbocycles. The number of nitrogens with zero attached hydrogens (tertiary/aromatic N) is 2. The van der Waals surface area contributed by atoms with Crippen LogP contribution in [0.5, 0.6) is 5.88 Å². The molecule has 0 saturated heterocycles. The molecular formula is C12H21N3O2. The lowest BCUT2D eigenvalue weighted by atomic mass is 10.3. The van der Waals surface area contributed by atoms with Gasteiger partial charge in [-0.1, -0.05) is 13.8 Å². The van der Waals surface area contributed by atoms with E-state index in [1.165, 1.54) is 0 Å². The summed E-state index contributed by atoms with van der Waals surface area (Å²) in [6, 6.07) is 4.18. The second kappa shape index (κ2) is 7.19. The Labute approximate surface area is 103 Å². The summed E-state index contributed by atoms with van der Waals surface area (Å²) in [4.78, 5) is 0. The van der Waals surface area contributed by atoms with E-state index in [9.17, 15) is 0 Å². The largest absolute Gasteiger partial charge is 0.471 e. The molecule has 1 atom stereocenters. The van der Waals surface area contributed by atoms with Gasteiger partial charge in [0.25, 0.3) is 0 Å². The quantitative estimate of drug-likeness (QED) is 0.779. The molecule has 0 bridgehead atoms. The Bertz CT molecular complexity index is 314. The SMILES string of the molecule is COCC(C)Oc1ccc(CNC(C)C)nn1. The van der Waals surface area contributed by atoms with Gasteiger partial charge in [-0.05, 0) is 13.0 Å². The van der Waals surface area contributed by atoms with Crippen molar-refractivity contribution in [2.45, 2.75) is 39.5 Å². The highest BCUT2D eigenvalue weighted by molar-refractivity contribution is 5.11. The van der Waals surface area contributed by atoms with E-state index in [0.29, 0.717) is 18.5 Å². The van der Waals surface area contributed by atoms with E-state index in [-0.39, 0.29) is 6.10 Å². The molecule has 1 N–H and O–H groups in total. The topological polar surface area (TPSA) is 56.3 Å². The van der Waals surface area contributed by atoms with Crippen LogP contribution in [0.2, 0.25) is 0 Å². The number of rotatable bonds is 7. The molecule has 96 valence electrons. The van der Waals surface area contributed by atoms with Crippen molar-refractivity contribution < 1.29 is 9.47 Å². The summed E-state index contributed by atoms with van der Waals surface area (Å²) < 4.78 is 10.5. The van der Waals surface area contributed by atoms with E-state index in [1.54, 1.807) is 7.11 Å². The Kier molecular flexibility index (Phi) is 5.86. The third kappa shape index (κ3) is 5.60. The van der Waals surface area contributed by atoms with E-state index >= 15 is 0 Å². The average molecular weight is 239 g/mol. The van der Waals surface area contributed by atoms with Gasteiger partial charge >= 0.3 is 0 Å². The third-order valence-electron chi connectivity index (χ3n) is 2.11. The molecule has 0 radical (unpaired) electrons. The van der Waals surface area contributed by atoms with Gasteiger partial charge in [0.2, 0.25) is 5.88 Å². The van der Waals surface area contributed by atoms with Crippen LogP contribution in [0.4, 0.5) is 0 Å². The lowest BCUT2D eigenvalue weighted by Gasteiger charge is -2.12. The fourth-order valence-corrected chi connectivity index (χ4v) is 1.29. The van der Waals surface area contributed by atoms with Crippen molar-refractivity contribution in [2.24, 2.45) is 0 Å². The van der Waals surface area contributed by atoms with Crippen LogP contribution in [0.25, 0.3) is 0 Å². The maximum Gasteiger partial charge on any atom is 0.233 e. The molecule has 1 rings (SSSR count). The van der Waals surface area contributed by atoms with Crippen molar-refractivity contribution in [3.05, 3.63) is 17.8 Å². The van der Waals surface area contributed by atoms with E-state index in [0.717, 1.165) is 12.2 Å². The van der Waals surface area contributed by atoms with Crippen LogP contribution in [0.3, 0.4) is 0 Å². The predicted octanol–water partition coefficient (Wildman–Crippen LogP) is 1.39. The van der Waals surface area contributed by atoms with Crippen molar-refractivity contribution in [1.82, 2.24) is 15.5 Å². The van der Waals surface area contributed by atoms with Gasteiger partial charge in [0, 0.05) is 25.8 Å². The van der Waals surface area contributed by atoms with Crippen LogP contribution in [-0.2, 0) is 11.3 Å². The average Bonchev–Trinajstić information content (AvgIpc) is 2.28. The number of ether oxygens (including phenoxy) is 2. The summed E-state index contributed by atoms with van der Waals surface area (Å²) in [5.41, 5.74) is 0.908. The smallest absolute Gasteiger partial charge is 0.233 e. The Balaban J connectivity index is 2.44. The molecule has 0 fully saturated rings. The highest BCUT2D eigenvalue weighted by Gasteiger charge is 2.05. The van der Waals surface area contributed by atoms with Crippen LogP contribution >= 0.6 is 0 Å². The van der Waals surface area contributed by atoms with Gasteiger partial charge in [-0.15, -0.1) is 5.10 Å². The van der Waals surface area contributed by atoms with Crippen molar-refractivity contribution in [1.29, 1.82) is 0 Å². The number of aromatic nitrogens is 2. The van der Waals surface area contributed by atoms with Crippen LogP contribution in [0, 0.1) is 0 Å². The summed E-state index contributed by atoms with van der Waals surface area (Å²) in [6.45, 7) is 7.38. The van der Waals surface area contributed by atoms with Crippen molar-refractivity contribution >= 4 is 0 Å². The minimum Gasteiger partial charge on any atom is -0.471 e. The molecule has 1 heterocycles. The molecule has 0 spiro atoms. The molecular weight excluding hydrogens is 218 g/mol. The number of methoxy groups -OCH3 is 1. The maximum absolute atomic E-state index is 5.52. The van der Waals surface area contributed by atoms with E-state index < -0.39 is 0 Å². The summed E-state index contributed by atoms with van der Waals surface area (Å²) in [6.07, 6.45) is -0.0195. The van der Waals surface area contributed by atoms with Crippen LogP contribution in [0.1, 0.15) is 26.5 Å². The molecule has 0 aliphatic heterocycles. The van der Waals surface area contributed by atoms with E-state index in [4.69, 9.17) is 9.47 Å².